The standard InChI is InChI=1S/C15H30N2O3S/c1-3-8-16-13(2)14-5-4-9-17(12-14)21(18,19)15-6-10-20-11-7-15/h13-16H,3-12H2,1-2H3. The summed E-state index contributed by atoms with van der Waals surface area (Å²) in [6.07, 6.45) is 4.50. The molecular formula is C15H30N2O3S. The highest BCUT2D eigenvalue weighted by Crippen LogP contribution is 2.26. The van der Waals surface area contributed by atoms with E-state index in [9.17, 15) is 8.42 Å². The molecule has 0 aromatic rings. The van der Waals surface area contributed by atoms with Crippen LogP contribution in [0.15, 0.2) is 0 Å². The second-order valence-electron chi connectivity index (χ2n) is 6.36. The fraction of sp³-hybridized carbons (Fsp3) is 1.00. The van der Waals surface area contributed by atoms with Crippen molar-refractivity contribution in [3.05, 3.63) is 0 Å². The summed E-state index contributed by atoms with van der Waals surface area (Å²) in [5.74, 6) is 0.430. The average Bonchev–Trinajstić information content (AvgIpc) is 2.53. The molecule has 2 aliphatic heterocycles. The van der Waals surface area contributed by atoms with E-state index in [0.29, 0.717) is 51.1 Å². The van der Waals surface area contributed by atoms with Gasteiger partial charge in [-0.2, -0.15) is 0 Å². The van der Waals surface area contributed by atoms with E-state index in [2.05, 4.69) is 19.2 Å². The molecule has 2 rings (SSSR count). The third-order valence-electron chi connectivity index (χ3n) is 4.79. The van der Waals surface area contributed by atoms with Crippen LogP contribution in [0.4, 0.5) is 0 Å². The Morgan fingerprint density at radius 2 is 2.00 bits per heavy atom. The van der Waals surface area contributed by atoms with Crippen LogP contribution in [-0.2, 0) is 14.8 Å². The maximum absolute atomic E-state index is 12.8. The topological polar surface area (TPSA) is 58.6 Å². The van der Waals surface area contributed by atoms with Crippen LogP contribution in [-0.4, -0.2) is 56.9 Å². The summed E-state index contributed by atoms with van der Waals surface area (Å²) in [4.78, 5) is 0. The first-order chi connectivity index (χ1) is 10.1. The van der Waals surface area contributed by atoms with Crippen LogP contribution in [0.2, 0.25) is 0 Å². The molecule has 21 heavy (non-hydrogen) atoms. The molecule has 0 aromatic carbocycles. The Labute approximate surface area is 129 Å². The van der Waals surface area contributed by atoms with E-state index >= 15 is 0 Å². The van der Waals surface area contributed by atoms with Crippen molar-refractivity contribution in [1.82, 2.24) is 9.62 Å². The van der Waals surface area contributed by atoms with Crippen LogP contribution in [0, 0.1) is 5.92 Å². The van der Waals surface area contributed by atoms with Crippen LogP contribution >= 0.6 is 0 Å². The van der Waals surface area contributed by atoms with Crippen LogP contribution in [0.25, 0.3) is 0 Å². The molecule has 2 unspecified atom stereocenters. The molecule has 0 radical (unpaired) electrons. The molecule has 2 fully saturated rings. The molecule has 0 saturated carbocycles. The van der Waals surface area contributed by atoms with Crippen molar-refractivity contribution >= 4 is 10.0 Å². The number of nitrogens with one attached hydrogen (secondary N) is 1. The lowest BCUT2D eigenvalue weighted by molar-refractivity contribution is 0.0964. The molecule has 0 spiro atoms. The van der Waals surface area contributed by atoms with E-state index in [1.807, 2.05) is 0 Å². The molecule has 6 heteroatoms. The van der Waals surface area contributed by atoms with Gasteiger partial charge >= 0.3 is 0 Å². The lowest BCUT2D eigenvalue weighted by atomic mass is 9.93. The Hall–Kier alpha value is -0.170. The van der Waals surface area contributed by atoms with Gasteiger partial charge in [-0.15, -0.1) is 0 Å². The van der Waals surface area contributed by atoms with Crippen molar-refractivity contribution in [3.8, 4) is 0 Å². The zero-order chi connectivity index (χ0) is 15.3. The molecule has 0 bridgehead atoms. The van der Waals surface area contributed by atoms with E-state index in [1.165, 1.54) is 0 Å². The van der Waals surface area contributed by atoms with Gasteiger partial charge in [-0.1, -0.05) is 6.92 Å². The van der Waals surface area contributed by atoms with Gasteiger partial charge in [0.2, 0.25) is 10.0 Å². The average molecular weight is 318 g/mol. The zero-order valence-electron chi connectivity index (χ0n) is 13.4. The van der Waals surface area contributed by atoms with E-state index in [0.717, 1.165) is 25.8 Å². The second kappa shape index (κ2) is 7.90. The molecule has 2 aliphatic rings. The first-order valence-corrected chi connectivity index (χ1v) is 9.86. The number of piperidine rings is 1. The summed E-state index contributed by atoms with van der Waals surface area (Å²) in [6.45, 7) is 7.87. The Morgan fingerprint density at radius 3 is 2.67 bits per heavy atom. The molecule has 2 atom stereocenters. The Balaban J connectivity index is 1.96. The smallest absolute Gasteiger partial charge is 0.217 e. The van der Waals surface area contributed by atoms with Crippen molar-refractivity contribution in [1.29, 1.82) is 0 Å². The maximum atomic E-state index is 12.8. The van der Waals surface area contributed by atoms with Crippen molar-refractivity contribution in [2.45, 2.75) is 57.2 Å². The minimum absolute atomic E-state index is 0.232. The van der Waals surface area contributed by atoms with Crippen molar-refractivity contribution in [2.75, 3.05) is 32.8 Å². The van der Waals surface area contributed by atoms with Gasteiger partial charge < -0.3 is 10.1 Å². The van der Waals surface area contributed by atoms with E-state index in [-0.39, 0.29) is 5.25 Å². The molecule has 2 saturated heterocycles. The lowest BCUT2D eigenvalue weighted by Gasteiger charge is -2.37. The van der Waals surface area contributed by atoms with Crippen molar-refractivity contribution < 1.29 is 13.2 Å². The summed E-state index contributed by atoms with van der Waals surface area (Å²) in [5, 5.41) is 3.28. The molecule has 1 N–H and O–H groups in total. The first-order valence-electron chi connectivity index (χ1n) is 8.35. The lowest BCUT2D eigenvalue weighted by Crippen LogP contribution is -2.49. The van der Waals surface area contributed by atoms with Gasteiger partial charge in [0.15, 0.2) is 0 Å². The minimum Gasteiger partial charge on any atom is -0.381 e. The summed E-state index contributed by atoms with van der Waals surface area (Å²) in [6, 6.07) is 0.387. The van der Waals surface area contributed by atoms with Crippen LogP contribution in [0.1, 0.15) is 46.0 Å². The van der Waals surface area contributed by atoms with Gasteiger partial charge in [-0.25, -0.2) is 12.7 Å². The van der Waals surface area contributed by atoms with Crippen LogP contribution < -0.4 is 5.32 Å². The summed E-state index contributed by atoms with van der Waals surface area (Å²) < 4.78 is 32.6. The van der Waals surface area contributed by atoms with E-state index in [1.54, 1.807) is 4.31 Å². The molecule has 0 aliphatic carbocycles. The first kappa shape index (κ1) is 17.2. The van der Waals surface area contributed by atoms with Gasteiger partial charge in [0.1, 0.15) is 0 Å². The summed E-state index contributed by atoms with van der Waals surface area (Å²) in [5.41, 5.74) is 0. The fourth-order valence-corrected chi connectivity index (χ4v) is 5.33. The number of ether oxygens (including phenoxy) is 1. The Bertz CT molecular complexity index is 407. The maximum Gasteiger partial charge on any atom is 0.217 e. The van der Waals surface area contributed by atoms with Gasteiger partial charge in [0, 0.05) is 32.3 Å². The van der Waals surface area contributed by atoms with Crippen molar-refractivity contribution in [3.63, 3.8) is 0 Å². The summed E-state index contributed by atoms with van der Waals surface area (Å²) >= 11 is 0. The highest BCUT2D eigenvalue weighted by atomic mass is 32.2. The molecular weight excluding hydrogens is 288 g/mol. The Morgan fingerprint density at radius 1 is 1.29 bits per heavy atom. The fourth-order valence-electron chi connectivity index (χ4n) is 3.34. The highest BCUT2D eigenvalue weighted by Gasteiger charge is 2.37. The normalized spacial score (nSPS) is 27.6. The molecule has 5 nitrogen and oxygen atoms in total. The van der Waals surface area contributed by atoms with Gasteiger partial charge in [0.05, 0.1) is 5.25 Å². The quantitative estimate of drug-likeness (QED) is 0.808. The van der Waals surface area contributed by atoms with Gasteiger partial charge in [0.25, 0.3) is 0 Å². The molecule has 2 heterocycles. The largest absolute Gasteiger partial charge is 0.381 e. The minimum atomic E-state index is -3.15. The number of rotatable bonds is 6. The van der Waals surface area contributed by atoms with E-state index < -0.39 is 10.0 Å². The number of sulfonamides is 1. The SMILES string of the molecule is CCCNC(C)C1CCCN(S(=O)(=O)C2CCOCC2)C1. The van der Waals surface area contributed by atoms with Crippen LogP contribution in [0.3, 0.4) is 0 Å². The molecule has 124 valence electrons. The van der Waals surface area contributed by atoms with Gasteiger partial charge in [-0.3, -0.25) is 0 Å². The Kier molecular flexibility index (Phi) is 6.47. The predicted octanol–water partition coefficient (Wildman–Crippen LogP) is 1.60. The predicted molar refractivity (Wildman–Crippen MR) is 84.8 cm³/mol. The van der Waals surface area contributed by atoms with Crippen molar-refractivity contribution in [2.24, 2.45) is 5.92 Å². The van der Waals surface area contributed by atoms with Gasteiger partial charge in [-0.05, 0) is 51.5 Å². The monoisotopic (exact) mass is 318 g/mol. The van der Waals surface area contributed by atoms with E-state index in [4.69, 9.17) is 4.74 Å². The number of hydrogen-bond donors (Lipinski definition) is 1. The highest BCUT2D eigenvalue weighted by molar-refractivity contribution is 7.89. The number of nitrogens with zero attached hydrogens (tertiary/aromatic N) is 1. The van der Waals surface area contributed by atoms with Crippen LogP contribution in [0.5, 0.6) is 0 Å². The third kappa shape index (κ3) is 4.41. The second-order valence-corrected chi connectivity index (χ2v) is 8.57. The zero-order valence-corrected chi connectivity index (χ0v) is 14.2. The number of hydrogen-bond acceptors (Lipinski definition) is 4. The third-order valence-corrected chi connectivity index (χ3v) is 7.16. The molecule has 0 amide bonds. The molecule has 0 aromatic heterocycles. The summed E-state index contributed by atoms with van der Waals surface area (Å²) in [7, 11) is -3.15.